The van der Waals surface area contributed by atoms with Crippen molar-refractivity contribution in [3.63, 3.8) is 0 Å². The molecule has 0 saturated heterocycles. The summed E-state index contributed by atoms with van der Waals surface area (Å²) in [6.45, 7) is 3.06. The summed E-state index contributed by atoms with van der Waals surface area (Å²) in [7, 11) is 1.94. The van der Waals surface area contributed by atoms with Crippen LogP contribution in [0.15, 0.2) is 30.6 Å². The molecule has 5 rings (SSSR count). The number of benzene rings is 1. The third-order valence-electron chi connectivity index (χ3n) is 5.92. The van der Waals surface area contributed by atoms with Crippen molar-refractivity contribution in [3.05, 3.63) is 53.1 Å². The van der Waals surface area contributed by atoms with Crippen LogP contribution in [0.4, 0.5) is 5.69 Å². The Bertz CT molecular complexity index is 1050. The van der Waals surface area contributed by atoms with E-state index in [1.807, 2.05) is 29.0 Å². The molecule has 2 N–H and O–H groups in total. The molecule has 0 spiro atoms. The number of nitrogens with one attached hydrogen (secondary N) is 2. The second-order valence-electron chi connectivity index (χ2n) is 7.77. The minimum Gasteiger partial charge on any atom is -0.376 e. The Morgan fingerprint density at radius 1 is 1.25 bits per heavy atom. The van der Waals surface area contributed by atoms with Gasteiger partial charge in [-0.1, -0.05) is 6.07 Å². The van der Waals surface area contributed by atoms with Crippen molar-refractivity contribution in [1.82, 2.24) is 24.9 Å². The normalized spacial score (nSPS) is 18.4. The van der Waals surface area contributed by atoms with Gasteiger partial charge in [0.2, 0.25) is 5.91 Å². The summed E-state index contributed by atoms with van der Waals surface area (Å²) in [5.74, 6) is 0.127. The monoisotopic (exact) mass is 376 g/mol. The van der Waals surface area contributed by atoms with E-state index in [2.05, 4.69) is 38.8 Å². The molecule has 7 nitrogen and oxygen atoms in total. The van der Waals surface area contributed by atoms with Crippen molar-refractivity contribution >= 4 is 11.6 Å². The summed E-state index contributed by atoms with van der Waals surface area (Å²) in [6, 6.07) is 6.73. The van der Waals surface area contributed by atoms with E-state index in [1.54, 1.807) is 6.92 Å². The van der Waals surface area contributed by atoms with Gasteiger partial charge in [-0.3, -0.25) is 14.6 Å². The van der Waals surface area contributed by atoms with Crippen molar-refractivity contribution in [2.24, 2.45) is 7.05 Å². The third kappa shape index (κ3) is 2.87. The van der Waals surface area contributed by atoms with Gasteiger partial charge in [-0.15, -0.1) is 0 Å². The van der Waals surface area contributed by atoms with Gasteiger partial charge in [-0.25, -0.2) is 0 Å². The number of hydrogen-bond donors (Lipinski definition) is 2. The lowest BCUT2D eigenvalue weighted by molar-refractivity contribution is -0.129. The molecular weight excluding hydrogens is 352 g/mol. The molecular formula is C21H24N6O. The van der Waals surface area contributed by atoms with Crippen LogP contribution >= 0.6 is 0 Å². The molecule has 0 fully saturated rings. The van der Waals surface area contributed by atoms with Gasteiger partial charge in [-0.05, 0) is 36.1 Å². The number of hydrogen-bond acceptors (Lipinski definition) is 4. The minimum absolute atomic E-state index is 0.127. The number of nitrogens with zero attached hydrogens (tertiary/aromatic N) is 4. The second-order valence-corrected chi connectivity index (χ2v) is 7.77. The maximum Gasteiger partial charge on any atom is 0.219 e. The number of anilines is 1. The largest absolute Gasteiger partial charge is 0.376 e. The van der Waals surface area contributed by atoms with Crippen molar-refractivity contribution in [2.75, 3.05) is 11.9 Å². The quantitative estimate of drug-likeness (QED) is 0.721. The first-order valence-electron chi connectivity index (χ1n) is 9.78. The summed E-state index contributed by atoms with van der Waals surface area (Å²) in [5, 5.41) is 15.8. The molecule has 0 aliphatic carbocycles. The van der Waals surface area contributed by atoms with Crippen LogP contribution in [-0.4, -0.2) is 37.3 Å². The van der Waals surface area contributed by atoms with Crippen LogP contribution in [0, 0.1) is 0 Å². The Morgan fingerprint density at radius 2 is 2.14 bits per heavy atom. The van der Waals surface area contributed by atoms with Crippen molar-refractivity contribution in [2.45, 2.75) is 38.8 Å². The molecule has 1 amide bonds. The van der Waals surface area contributed by atoms with Gasteiger partial charge in [0.05, 0.1) is 17.9 Å². The first-order valence-corrected chi connectivity index (χ1v) is 9.78. The lowest BCUT2D eigenvalue weighted by atomic mass is 9.91. The van der Waals surface area contributed by atoms with E-state index in [1.165, 1.54) is 28.1 Å². The molecule has 28 heavy (non-hydrogen) atoms. The molecule has 144 valence electrons. The van der Waals surface area contributed by atoms with E-state index in [9.17, 15) is 4.79 Å². The highest BCUT2D eigenvalue weighted by atomic mass is 16.2. The van der Waals surface area contributed by atoms with Gasteiger partial charge in [-0.2, -0.15) is 10.2 Å². The van der Waals surface area contributed by atoms with E-state index in [0.29, 0.717) is 6.54 Å². The molecule has 7 heteroatoms. The van der Waals surface area contributed by atoms with Crippen LogP contribution in [0.1, 0.15) is 41.9 Å². The zero-order valence-electron chi connectivity index (χ0n) is 16.2. The predicted octanol–water partition coefficient (Wildman–Crippen LogP) is 2.81. The fourth-order valence-electron chi connectivity index (χ4n) is 4.33. The maximum atomic E-state index is 11.8. The molecule has 0 bridgehead atoms. The van der Waals surface area contributed by atoms with Crippen molar-refractivity contribution in [3.8, 4) is 11.1 Å². The Hall–Kier alpha value is -3.09. The Balaban J connectivity index is 1.40. The van der Waals surface area contributed by atoms with Gasteiger partial charge >= 0.3 is 0 Å². The molecule has 2 aromatic heterocycles. The zero-order valence-corrected chi connectivity index (χ0v) is 16.2. The number of amides is 1. The number of H-pyrrole nitrogens is 1. The van der Waals surface area contributed by atoms with Gasteiger partial charge in [0.15, 0.2) is 0 Å². The lowest BCUT2D eigenvalue weighted by Gasteiger charge is -2.30. The smallest absolute Gasteiger partial charge is 0.219 e. The summed E-state index contributed by atoms with van der Waals surface area (Å²) in [5.41, 5.74) is 8.25. The molecule has 4 heterocycles. The highest BCUT2D eigenvalue weighted by Gasteiger charge is 2.29. The molecule has 2 aliphatic heterocycles. The highest BCUT2D eigenvalue weighted by Crippen LogP contribution is 2.36. The third-order valence-corrected chi connectivity index (χ3v) is 5.92. The summed E-state index contributed by atoms with van der Waals surface area (Å²) in [4.78, 5) is 13.7. The number of aromatic amines is 1. The van der Waals surface area contributed by atoms with Crippen LogP contribution in [0.3, 0.4) is 0 Å². The van der Waals surface area contributed by atoms with E-state index in [-0.39, 0.29) is 11.9 Å². The molecule has 1 aromatic carbocycles. The number of aryl methyl sites for hydroxylation is 2. The summed E-state index contributed by atoms with van der Waals surface area (Å²) in [6.07, 6.45) is 6.77. The van der Waals surface area contributed by atoms with Crippen molar-refractivity contribution in [1.29, 1.82) is 0 Å². The van der Waals surface area contributed by atoms with Gasteiger partial charge < -0.3 is 10.2 Å². The number of aromatic nitrogens is 4. The van der Waals surface area contributed by atoms with Crippen LogP contribution in [0.5, 0.6) is 0 Å². The van der Waals surface area contributed by atoms with Gasteiger partial charge in [0.25, 0.3) is 0 Å². The lowest BCUT2D eigenvalue weighted by Crippen LogP contribution is -2.34. The highest BCUT2D eigenvalue weighted by molar-refractivity contribution is 5.73. The molecule has 0 saturated carbocycles. The minimum atomic E-state index is 0.127. The second kappa shape index (κ2) is 6.51. The molecule has 3 aromatic rings. The predicted molar refractivity (Wildman–Crippen MR) is 107 cm³/mol. The number of carbonyl (C=O) groups is 1. The topological polar surface area (TPSA) is 78.8 Å². The fourth-order valence-corrected chi connectivity index (χ4v) is 4.33. The molecule has 1 atom stereocenters. The Kier molecular flexibility index (Phi) is 3.96. The van der Waals surface area contributed by atoms with Crippen LogP contribution < -0.4 is 5.32 Å². The SMILES string of the molecule is CC(=O)N1CCc2[nH]nc(C3CCc4cc(-c5cnn(C)c5)ccc4N3)c2C1. The first kappa shape index (κ1) is 17.0. The maximum absolute atomic E-state index is 11.8. The number of rotatable bonds is 2. The van der Waals surface area contributed by atoms with Crippen LogP contribution in [0.2, 0.25) is 0 Å². The number of fused-ring (bicyclic) bond motifs is 2. The van der Waals surface area contributed by atoms with E-state index in [4.69, 9.17) is 0 Å². The zero-order chi connectivity index (χ0) is 19.3. The van der Waals surface area contributed by atoms with E-state index < -0.39 is 0 Å². The summed E-state index contributed by atoms with van der Waals surface area (Å²) >= 11 is 0. The fraction of sp³-hybridized carbons (Fsp3) is 0.381. The Morgan fingerprint density at radius 3 is 2.93 bits per heavy atom. The summed E-state index contributed by atoms with van der Waals surface area (Å²) < 4.78 is 1.83. The molecule has 1 unspecified atom stereocenters. The van der Waals surface area contributed by atoms with Crippen molar-refractivity contribution < 1.29 is 4.79 Å². The average Bonchev–Trinajstić information content (AvgIpc) is 3.33. The number of carbonyl (C=O) groups excluding carboxylic acids is 1. The van der Waals surface area contributed by atoms with E-state index >= 15 is 0 Å². The first-order chi connectivity index (χ1) is 13.6. The van der Waals surface area contributed by atoms with Gasteiger partial charge in [0.1, 0.15) is 0 Å². The van der Waals surface area contributed by atoms with Gasteiger partial charge in [0, 0.05) is 62.2 Å². The standard InChI is InChI=1S/C21H24N6O/c1-13(28)27-8-7-19-17(12-27)21(25-24-19)20-6-4-15-9-14(3-5-18(15)23-20)16-10-22-26(2)11-16/h3,5,9-11,20,23H,4,6-8,12H2,1-2H3,(H,24,25). The van der Waals surface area contributed by atoms with Crippen LogP contribution in [-0.2, 0) is 31.2 Å². The average molecular weight is 376 g/mol. The van der Waals surface area contributed by atoms with E-state index in [0.717, 1.165) is 37.1 Å². The molecule has 2 aliphatic rings. The Labute approximate surface area is 163 Å². The van der Waals surface area contributed by atoms with Crippen LogP contribution in [0.25, 0.3) is 11.1 Å². The molecule has 0 radical (unpaired) electrons.